The Morgan fingerprint density at radius 2 is 2.08 bits per heavy atom. The number of imidazole rings is 1. The number of fused-ring (bicyclic) bond motifs is 3. The molecular weight excluding hydrogens is 320 g/mol. The number of anilines is 1. The minimum Gasteiger partial charge on any atom is -0.493 e. The topological polar surface area (TPSA) is 95.4 Å². The summed E-state index contributed by atoms with van der Waals surface area (Å²) in [6.45, 7) is 5.15. The summed E-state index contributed by atoms with van der Waals surface area (Å²) in [5.74, 6) is 1.10. The molecule has 0 fully saturated rings. The van der Waals surface area contributed by atoms with E-state index in [4.69, 9.17) is 15.2 Å². The predicted octanol–water partition coefficient (Wildman–Crippen LogP) is 2.35. The number of rotatable bonds is 7. The molecule has 3 rings (SSSR count). The number of nitrogens with two attached hydrogens (primary N) is 1. The summed E-state index contributed by atoms with van der Waals surface area (Å²) in [5, 5.41) is 10.8. The number of pyridine rings is 1. The lowest BCUT2D eigenvalue weighted by molar-refractivity contribution is 0.0555. The summed E-state index contributed by atoms with van der Waals surface area (Å²) in [4.78, 5) is 8.86. The van der Waals surface area contributed by atoms with Crippen molar-refractivity contribution in [3.05, 3.63) is 24.5 Å². The summed E-state index contributed by atoms with van der Waals surface area (Å²) in [6, 6.07) is 5.69. The first-order valence-electron chi connectivity index (χ1n) is 8.28. The van der Waals surface area contributed by atoms with Gasteiger partial charge in [-0.25, -0.2) is 9.97 Å². The van der Waals surface area contributed by atoms with Gasteiger partial charge in [0.1, 0.15) is 11.3 Å². The Bertz CT molecular complexity index is 883. The molecule has 0 bridgehead atoms. The van der Waals surface area contributed by atoms with E-state index in [2.05, 4.69) is 9.97 Å². The molecular formula is C18H24N4O3. The number of methoxy groups -OCH3 is 1. The second-order valence-electron chi connectivity index (χ2n) is 6.69. The van der Waals surface area contributed by atoms with Crippen LogP contribution in [0.4, 0.5) is 5.82 Å². The first kappa shape index (κ1) is 17.4. The molecule has 2 aromatic heterocycles. The molecule has 0 spiro atoms. The Morgan fingerprint density at radius 1 is 1.28 bits per heavy atom. The van der Waals surface area contributed by atoms with Crippen LogP contribution < -0.4 is 10.5 Å². The average Bonchev–Trinajstić information content (AvgIpc) is 2.96. The van der Waals surface area contributed by atoms with E-state index in [-0.39, 0.29) is 0 Å². The van der Waals surface area contributed by atoms with Gasteiger partial charge in [-0.05, 0) is 26.0 Å². The monoisotopic (exact) mass is 344 g/mol. The summed E-state index contributed by atoms with van der Waals surface area (Å²) < 4.78 is 13.1. The number of aromatic nitrogens is 3. The summed E-state index contributed by atoms with van der Waals surface area (Å²) >= 11 is 0. The second-order valence-corrected chi connectivity index (χ2v) is 6.69. The maximum absolute atomic E-state index is 9.89. The first-order chi connectivity index (χ1) is 11.9. The van der Waals surface area contributed by atoms with Crippen molar-refractivity contribution in [1.29, 1.82) is 0 Å². The SMILES string of the molecule is COCCn1cnc2c(N)nc3cccc(OCCC(C)(C)O)c3c21. The quantitative estimate of drug-likeness (QED) is 0.683. The van der Waals surface area contributed by atoms with E-state index in [0.717, 1.165) is 16.4 Å². The van der Waals surface area contributed by atoms with Gasteiger partial charge in [-0.2, -0.15) is 0 Å². The van der Waals surface area contributed by atoms with Gasteiger partial charge in [0.15, 0.2) is 5.82 Å². The van der Waals surface area contributed by atoms with Crippen molar-refractivity contribution in [2.45, 2.75) is 32.4 Å². The lowest BCUT2D eigenvalue weighted by Crippen LogP contribution is -2.21. The van der Waals surface area contributed by atoms with E-state index in [1.54, 1.807) is 27.3 Å². The third-order valence-corrected chi connectivity index (χ3v) is 4.07. The van der Waals surface area contributed by atoms with E-state index in [9.17, 15) is 5.11 Å². The highest BCUT2D eigenvalue weighted by atomic mass is 16.5. The van der Waals surface area contributed by atoms with Crippen LogP contribution in [-0.4, -0.2) is 45.6 Å². The summed E-state index contributed by atoms with van der Waals surface area (Å²) in [7, 11) is 1.67. The van der Waals surface area contributed by atoms with E-state index >= 15 is 0 Å². The van der Waals surface area contributed by atoms with Crippen LogP contribution in [0.3, 0.4) is 0 Å². The maximum atomic E-state index is 9.89. The molecule has 0 amide bonds. The molecule has 0 saturated carbocycles. The first-order valence-corrected chi connectivity index (χ1v) is 8.28. The number of nitrogens with zero attached hydrogens (tertiary/aromatic N) is 3. The van der Waals surface area contributed by atoms with Crippen LogP contribution in [0.25, 0.3) is 21.9 Å². The third kappa shape index (κ3) is 3.67. The fourth-order valence-electron chi connectivity index (χ4n) is 2.76. The van der Waals surface area contributed by atoms with E-state index in [1.807, 2.05) is 22.8 Å². The van der Waals surface area contributed by atoms with E-state index < -0.39 is 5.60 Å². The molecule has 3 N–H and O–H groups in total. The molecule has 0 radical (unpaired) electrons. The van der Waals surface area contributed by atoms with Crippen molar-refractivity contribution in [3.63, 3.8) is 0 Å². The molecule has 0 unspecified atom stereocenters. The van der Waals surface area contributed by atoms with E-state index in [0.29, 0.717) is 43.3 Å². The number of benzene rings is 1. The molecule has 0 saturated heterocycles. The van der Waals surface area contributed by atoms with Crippen LogP contribution >= 0.6 is 0 Å². The largest absolute Gasteiger partial charge is 0.493 e. The van der Waals surface area contributed by atoms with Gasteiger partial charge in [0.25, 0.3) is 0 Å². The fourth-order valence-corrected chi connectivity index (χ4v) is 2.76. The van der Waals surface area contributed by atoms with Crippen molar-refractivity contribution in [3.8, 4) is 5.75 Å². The number of aliphatic hydroxyl groups is 1. The molecule has 3 aromatic rings. The highest BCUT2D eigenvalue weighted by Gasteiger charge is 2.17. The molecule has 1 aromatic carbocycles. The van der Waals surface area contributed by atoms with Gasteiger partial charge < -0.3 is 24.9 Å². The van der Waals surface area contributed by atoms with Gasteiger partial charge >= 0.3 is 0 Å². The van der Waals surface area contributed by atoms with Crippen LogP contribution in [0.1, 0.15) is 20.3 Å². The van der Waals surface area contributed by atoms with E-state index in [1.165, 1.54) is 0 Å². The Hall–Kier alpha value is -2.38. The lowest BCUT2D eigenvalue weighted by Gasteiger charge is -2.18. The molecule has 0 aliphatic carbocycles. The van der Waals surface area contributed by atoms with Crippen molar-refractivity contribution in [2.75, 3.05) is 26.1 Å². The zero-order valence-corrected chi connectivity index (χ0v) is 14.8. The minimum absolute atomic E-state index is 0.396. The summed E-state index contributed by atoms with van der Waals surface area (Å²) in [5.41, 5.74) is 7.60. The van der Waals surface area contributed by atoms with Crippen molar-refractivity contribution < 1.29 is 14.6 Å². The molecule has 0 aliphatic heterocycles. The lowest BCUT2D eigenvalue weighted by atomic mass is 10.1. The predicted molar refractivity (Wildman–Crippen MR) is 97.7 cm³/mol. The molecule has 134 valence electrons. The molecule has 0 aliphatic rings. The highest BCUT2D eigenvalue weighted by Crippen LogP contribution is 2.34. The number of hydrogen-bond acceptors (Lipinski definition) is 6. The van der Waals surface area contributed by atoms with Gasteiger partial charge in [-0.3, -0.25) is 0 Å². The van der Waals surface area contributed by atoms with Gasteiger partial charge in [-0.15, -0.1) is 0 Å². The smallest absolute Gasteiger partial charge is 0.152 e. The van der Waals surface area contributed by atoms with Gasteiger partial charge in [0.05, 0.1) is 41.6 Å². The van der Waals surface area contributed by atoms with Crippen molar-refractivity contribution in [1.82, 2.24) is 14.5 Å². The molecule has 0 atom stereocenters. The normalized spacial score (nSPS) is 12.2. The van der Waals surface area contributed by atoms with Gasteiger partial charge in [0.2, 0.25) is 0 Å². The van der Waals surface area contributed by atoms with Crippen molar-refractivity contribution in [2.24, 2.45) is 0 Å². The highest BCUT2D eigenvalue weighted by molar-refractivity contribution is 6.09. The van der Waals surface area contributed by atoms with Gasteiger partial charge in [0, 0.05) is 20.1 Å². The van der Waals surface area contributed by atoms with Gasteiger partial charge in [-0.1, -0.05) is 6.07 Å². The number of nitrogen functional groups attached to an aromatic ring is 1. The van der Waals surface area contributed by atoms with Crippen LogP contribution in [-0.2, 0) is 11.3 Å². The zero-order valence-electron chi connectivity index (χ0n) is 14.8. The fraction of sp³-hybridized carbons (Fsp3) is 0.444. The Morgan fingerprint density at radius 3 is 2.80 bits per heavy atom. The third-order valence-electron chi connectivity index (χ3n) is 4.07. The molecule has 25 heavy (non-hydrogen) atoms. The molecule has 7 nitrogen and oxygen atoms in total. The maximum Gasteiger partial charge on any atom is 0.152 e. The van der Waals surface area contributed by atoms with Crippen LogP contribution in [0.5, 0.6) is 5.75 Å². The Labute approximate surface area is 146 Å². The molecule has 2 heterocycles. The molecule has 7 heteroatoms. The average molecular weight is 344 g/mol. The van der Waals surface area contributed by atoms with Crippen LogP contribution in [0.2, 0.25) is 0 Å². The standard InChI is InChI=1S/C18H24N4O3/c1-18(2,23)7-9-25-13-6-4-5-12-14(13)16-15(17(19)21-12)20-11-22(16)8-10-24-3/h4-6,11,23H,7-10H2,1-3H3,(H2,19,21). The van der Waals surface area contributed by atoms with Crippen LogP contribution in [0, 0.1) is 0 Å². The number of ether oxygens (including phenoxy) is 2. The van der Waals surface area contributed by atoms with Crippen molar-refractivity contribution >= 4 is 27.8 Å². The Kier molecular flexibility index (Phi) is 4.78. The Balaban J connectivity index is 2.09. The minimum atomic E-state index is -0.775. The van der Waals surface area contributed by atoms with Crippen LogP contribution in [0.15, 0.2) is 24.5 Å². The zero-order chi connectivity index (χ0) is 18.0. The number of hydrogen-bond donors (Lipinski definition) is 2. The summed E-state index contributed by atoms with van der Waals surface area (Å²) in [6.07, 6.45) is 2.27. The second kappa shape index (κ2) is 6.85.